The molecule has 0 bridgehead atoms. The number of carboxylic acid groups (broad SMARTS) is 1. The number of nitrogens with one attached hydrogen (secondary N) is 1. The summed E-state index contributed by atoms with van der Waals surface area (Å²) in [4.78, 5) is 35.2. The topological polar surface area (TPSA) is 113 Å². The van der Waals surface area contributed by atoms with E-state index in [1.807, 2.05) is 6.92 Å². The molecule has 1 aliphatic heterocycles. The maximum Gasteiger partial charge on any atom is 0.326 e. The van der Waals surface area contributed by atoms with E-state index in [-0.39, 0.29) is 12.5 Å². The summed E-state index contributed by atoms with van der Waals surface area (Å²) in [6.07, 6.45) is 2.93. The van der Waals surface area contributed by atoms with Gasteiger partial charge < -0.3 is 21.1 Å². The highest BCUT2D eigenvalue weighted by Gasteiger charge is 2.35. The number of piperidine rings is 1. The van der Waals surface area contributed by atoms with Crippen LogP contribution < -0.4 is 11.1 Å². The molecule has 1 fully saturated rings. The number of hydrogen-bond acceptors (Lipinski definition) is 3. The number of carbonyl (C=O) groups is 3. The molecule has 0 spiro atoms. The van der Waals surface area contributed by atoms with Crippen LogP contribution >= 0.6 is 0 Å². The van der Waals surface area contributed by atoms with Crippen molar-refractivity contribution in [1.29, 1.82) is 0 Å². The fraction of sp³-hybridized carbons (Fsp3) is 0.769. The molecule has 1 rings (SSSR count). The molecule has 7 nitrogen and oxygen atoms in total. The summed E-state index contributed by atoms with van der Waals surface area (Å²) in [5, 5.41) is 11.9. The van der Waals surface area contributed by atoms with Crippen molar-refractivity contribution in [1.82, 2.24) is 10.2 Å². The van der Waals surface area contributed by atoms with Crippen molar-refractivity contribution in [3.05, 3.63) is 0 Å². The molecule has 4 N–H and O–H groups in total. The number of carbonyl (C=O) groups excluding carboxylic acids is 2. The zero-order chi connectivity index (χ0) is 15.1. The SMILES string of the molecule is CCC1CCN(C(=O)NCCCC(N)=O)C(C(=O)O)C1. The smallest absolute Gasteiger partial charge is 0.326 e. The predicted octanol–water partition coefficient (Wildman–Crippen LogP) is 0.537. The average Bonchev–Trinajstić information content (AvgIpc) is 2.42. The summed E-state index contributed by atoms with van der Waals surface area (Å²) >= 11 is 0. The van der Waals surface area contributed by atoms with Crippen LogP contribution in [0.25, 0.3) is 0 Å². The molecule has 0 aromatic heterocycles. The zero-order valence-electron chi connectivity index (χ0n) is 11.8. The van der Waals surface area contributed by atoms with E-state index in [0.29, 0.717) is 31.8 Å². The highest BCUT2D eigenvalue weighted by atomic mass is 16.4. The van der Waals surface area contributed by atoms with Gasteiger partial charge in [-0.05, 0) is 25.2 Å². The highest BCUT2D eigenvalue weighted by molar-refractivity contribution is 5.83. The number of rotatable bonds is 6. The van der Waals surface area contributed by atoms with Gasteiger partial charge in [-0.25, -0.2) is 9.59 Å². The van der Waals surface area contributed by atoms with E-state index in [1.54, 1.807) is 0 Å². The maximum absolute atomic E-state index is 12.0. The molecule has 0 aromatic rings. The van der Waals surface area contributed by atoms with E-state index in [2.05, 4.69) is 5.32 Å². The monoisotopic (exact) mass is 285 g/mol. The van der Waals surface area contributed by atoms with E-state index in [4.69, 9.17) is 5.73 Å². The molecule has 1 heterocycles. The minimum Gasteiger partial charge on any atom is -0.480 e. The molecule has 0 radical (unpaired) electrons. The van der Waals surface area contributed by atoms with Crippen LogP contribution in [-0.2, 0) is 9.59 Å². The van der Waals surface area contributed by atoms with Gasteiger partial charge >= 0.3 is 12.0 Å². The number of carboxylic acids is 1. The molecular formula is C13H23N3O4. The fourth-order valence-corrected chi connectivity index (χ4v) is 2.45. The Hall–Kier alpha value is -1.79. The van der Waals surface area contributed by atoms with Gasteiger partial charge in [0.05, 0.1) is 0 Å². The van der Waals surface area contributed by atoms with Crippen molar-refractivity contribution in [2.75, 3.05) is 13.1 Å². The molecule has 20 heavy (non-hydrogen) atoms. The molecule has 0 aromatic carbocycles. The second kappa shape index (κ2) is 7.72. The van der Waals surface area contributed by atoms with Gasteiger partial charge in [0.15, 0.2) is 0 Å². The molecule has 0 aliphatic carbocycles. The third-order valence-corrected chi connectivity index (χ3v) is 3.71. The van der Waals surface area contributed by atoms with Crippen LogP contribution in [0.4, 0.5) is 4.79 Å². The third-order valence-electron chi connectivity index (χ3n) is 3.71. The fourth-order valence-electron chi connectivity index (χ4n) is 2.45. The van der Waals surface area contributed by atoms with E-state index >= 15 is 0 Å². The lowest BCUT2D eigenvalue weighted by molar-refractivity contribution is -0.144. The average molecular weight is 285 g/mol. The van der Waals surface area contributed by atoms with Gasteiger partial charge in [0.1, 0.15) is 6.04 Å². The minimum absolute atomic E-state index is 0.209. The third kappa shape index (κ3) is 4.71. The first-order valence-electron chi connectivity index (χ1n) is 7.01. The summed E-state index contributed by atoms with van der Waals surface area (Å²) in [6, 6.07) is -1.14. The van der Waals surface area contributed by atoms with Gasteiger partial charge in [-0.3, -0.25) is 4.79 Å². The maximum atomic E-state index is 12.0. The van der Waals surface area contributed by atoms with E-state index in [1.165, 1.54) is 4.90 Å². The first-order valence-corrected chi connectivity index (χ1v) is 7.01. The summed E-state index contributed by atoms with van der Waals surface area (Å²) in [7, 11) is 0. The van der Waals surface area contributed by atoms with Crippen molar-refractivity contribution >= 4 is 17.9 Å². The first-order chi connectivity index (χ1) is 9.45. The standard InChI is InChI=1S/C13H23N3O4/c1-2-9-5-7-16(10(8-9)12(18)19)13(20)15-6-3-4-11(14)17/h9-10H,2-8H2,1H3,(H2,14,17)(H,15,20)(H,18,19). The summed E-state index contributed by atoms with van der Waals surface area (Å²) in [6.45, 7) is 2.81. The van der Waals surface area contributed by atoms with Gasteiger partial charge in [0.2, 0.25) is 5.91 Å². The Morgan fingerprint density at radius 2 is 2.10 bits per heavy atom. The Bertz CT molecular complexity index is 373. The summed E-state index contributed by atoms with van der Waals surface area (Å²) in [5.74, 6) is -1.02. The normalized spacial score (nSPS) is 22.4. The number of primary amides is 1. The van der Waals surface area contributed by atoms with Crippen molar-refractivity contribution in [3.8, 4) is 0 Å². The van der Waals surface area contributed by atoms with Crippen LogP contribution in [0.2, 0.25) is 0 Å². The van der Waals surface area contributed by atoms with E-state index in [9.17, 15) is 19.5 Å². The first kappa shape index (κ1) is 16.3. The number of hydrogen-bond donors (Lipinski definition) is 3. The molecule has 3 amide bonds. The molecule has 7 heteroatoms. The number of urea groups is 1. The molecule has 2 atom stereocenters. The van der Waals surface area contributed by atoms with Crippen LogP contribution in [-0.4, -0.2) is 47.0 Å². The summed E-state index contributed by atoms with van der Waals surface area (Å²) in [5.41, 5.74) is 5.00. The Labute approximate surface area is 118 Å². The van der Waals surface area contributed by atoms with Crippen molar-refractivity contribution in [3.63, 3.8) is 0 Å². The number of nitrogens with two attached hydrogens (primary N) is 1. The Kier molecular flexibility index (Phi) is 6.27. The molecule has 1 aliphatic rings. The van der Waals surface area contributed by atoms with E-state index in [0.717, 1.165) is 12.8 Å². The number of nitrogens with zero attached hydrogens (tertiary/aromatic N) is 1. The number of aliphatic carboxylic acids is 1. The second-order valence-corrected chi connectivity index (χ2v) is 5.15. The molecule has 1 saturated heterocycles. The largest absolute Gasteiger partial charge is 0.480 e. The Morgan fingerprint density at radius 3 is 2.65 bits per heavy atom. The van der Waals surface area contributed by atoms with Crippen molar-refractivity contribution in [2.24, 2.45) is 11.7 Å². The highest BCUT2D eigenvalue weighted by Crippen LogP contribution is 2.25. The van der Waals surface area contributed by atoms with Gasteiger partial charge in [-0.1, -0.05) is 13.3 Å². The van der Waals surface area contributed by atoms with Gasteiger partial charge in [-0.2, -0.15) is 0 Å². The second-order valence-electron chi connectivity index (χ2n) is 5.15. The number of likely N-dealkylation sites (tertiary alicyclic amines) is 1. The quantitative estimate of drug-likeness (QED) is 0.618. The van der Waals surface area contributed by atoms with Crippen LogP contribution in [0, 0.1) is 5.92 Å². The van der Waals surface area contributed by atoms with Crippen LogP contribution in [0.5, 0.6) is 0 Å². The van der Waals surface area contributed by atoms with Crippen molar-refractivity contribution in [2.45, 2.75) is 45.1 Å². The predicted molar refractivity (Wildman–Crippen MR) is 73.0 cm³/mol. The van der Waals surface area contributed by atoms with Crippen LogP contribution in [0.1, 0.15) is 39.0 Å². The molecule has 0 saturated carbocycles. The van der Waals surface area contributed by atoms with Gasteiger partial charge in [-0.15, -0.1) is 0 Å². The zero-order valence-corrected chi connectivity index (χ0v) is 11.8. The Morgan fingerprint density at radius 1 is 1.40 bits per heavy atom. The van der Waals surface area contributed by atoms with E-state index < -0.39 is 17.9 Å². The van der Waals surface area contributed by atoms with Crippen LogP contribution in [0.15, 0.2) is 0 Å². The molecular weight excluding hydrogens is 262 g/mol. The lowest BCUT2D eigenvalue weighted by Crippen LogP contribution is -2.53. The molecule has 2 unspecified atom stereocenters. The van der Waals surface area contributed by atoms with Crippen molar-refractivity contribution < 1.29 is 19.5 Å². The summed E-state index contributed by atoms with van der Waals surface area (Å²) < 4.78 is 0. The lowest BCUT2D eigenvalue weighted by Gasteiger charge is -2.36. The molecule has 114 valence electrons. The van der Waals surface area contributed by atoms with Gasteiger partial charge in [0, 0.05) is 19.5 Å². The lowest BCUT2D eigenvalue weighted by atomic mass is 9.89. The Balaban J connectivity index is 2.48. The van der Waals surface area contributed by atoms with Gasteiger partial charge in [0.25, 0.3) is 0 Å². The van der Waals surface area contributed by atoms with Crippen LogP contribution in [0.3, 0.4) is 0 Å². The number of amides is 3. The minimum atomic E-state index is -0.963.